The monoisotopic (exact) mass is 886 g/mol. The van der Waals surface area contributed by atoms with Crippen LogP contribution in [0.1, 0.15) is 92.5 Å². The maximum absolute atomic E-state index is 15.5. The molecular weight excluding hydrogens is 827 g/mol. The van der Waals surface area contributed by atoms with Crippen LogP contribution in [0.3, 0.4) is 0 Å². The second kappa shape index (κ2) is 15.4. The molecule has 6 heterocycles. The summed E-state index contributed by atoms with van der Waals surface area (Å²) in [5.41, 5.74) is -1.70. The number of aromatic nitrogens is 1. The first-order chi connectivity index (χ1) is 30.4. The van der Waals surface area contributed by atoms with Crippen molar-refractivity contribution in [2.24, 2.45) is 17.3 Å². The number of anilines is 1. The lowest BCUT2D eigenvalue weighted by atomic mass is 9.47. The van der Waals surface area contributed by atoms with Crippen molar-refractivity contribution in [1.29, 1.82) is 0 Å². The number of alkyl halides is 2. The van der Waals surface area contributed by atoms with Crippen molar-refractivity contribution in [2.75, 3.05) is 66.0 Å². The number of hydrogen-bond donors (Lipinski definition) is 2. The van der Waals surface area contributed by atoms with E-state index >= 15 is 13.6 Å². The lowest BCUT2D eigenvalue weighted by Crippen LogP contribution is -2.81. The number of benzene rings is 2. The Morgan fingerprint density at radius 2 is 1.73 bits per heavy atom. The molecule has 344 valence electrons. The Bertz CT molecular complexity index is 2470. The Balaban J connectivity index is 1.36. The summed E-state index contributed by atoms with van der Waals surface area (Å²) in [6.45, 7) is 8.30. The molecule has 2 bridgehead atoms. The molecule has 3 fully saturated rings. The summed E-state index contributed by atoms with van der Waals surface area (Å²) in [4.78, 5) is 66.0. The van der Waals surface area contributed by atoms with E-state index < -0.39 is 75.7 Å². The number of H-pyrrole nitrogens is 1. The molecule has 13 nitrogen and oxygen atoms in total. The van der Waals surface area contributed by atoms with E-state index in [9.17, 15) is 19.5 Å². The third kappa shape index (κ3) is 5.94. The first-order valence-corrected chi connectivity index (χ1v) is 22.6. The number of ketones is 1. The number of rotatable bonds is 9. The van der Waals surface area contributed by atoms with E-state index in [1.807, 2.05) is 55.2 Å². The molecule has 2 saturated heterocycles. The normalized spacial score (nSPS) is 34.1. The van der Waals surface area contributed by atoms with Crippen molar-refractivity contribution in [1.82, 2.24) is 14.8 Å². The third-order valence-corrected chi connectivity index (χ3v) is 16.3. The minimum Gasteiger partial charge on any atom is -0.496 e. The van der Waals surface area contributed by atoms with E-state index in [1.54, 1.807) is 13.1 Å². The van der Waals surface area contributed by atoms with Gasteiger partial charge in [-0.3, -0.25) is 19.3 Å². The van der Waals surface area contributed by atoms with Gasteiger partial charge in [0.2, 0.25) is 11.5 Å². The van der Waals surface area contributed by atoms with E-state index in [1.165, 1.54) is 28.3 Å². The number of methoxy groups -OCH3 is 3. The number of carbonyl (C=O) groups is 4. The number of fused-ring (bicyclic) bond motifs is 6. The molecule has 6 aliphatic rings. The first-order valence-electron chi connectivity index (χ1n) is 22.6. The zero-order valence-corrected chi connectivity index (χ0v) is 38.0. The topological polar surface area (TPSA) is 151 Å². The van der Waals surface area contributed by atoms with Crippen LogP contribution in [0.25, 0.3) is 10.9 Å². The van der Waals surface area contributed by atoms with Gasteiger partial charge in [-0.25, -0.2) is 13.6 Å². The van der Waals surface area contributed by atoms with Gasteiger partial charge in [0.15, 0.2) is 11.9 Å². The highest BCUT2D eigenvalue weighted by Gasteiger charge is 2.80. The number of halogens is 2. The van der Waals surface area contributed by atoms with Gasteiger partial charge in [0.05, 0.1) is 27.4 Å². The second-order valence-electron chi connectivity index (χ2n) is 19.3. The molecule has 1 saturated carbocycles. The number of Topliss-reactive ketones (excluding diaryl/α,β-unsaturated/α-hetero) is 1. The van der Waals surface area contributed by atoms with Crippen LogP contribution in [0.2, 0.25) is 0 Å². The number of aromatic amines is 1. The summed E-state index contributed by atoms with van der Waals surface area (Å²) in [7, 11) is 5.87. The highest BCUT2D eigenvalue weighted by molar-refractivity contribution is 6.01. The van der Waals surface area contributed by atoms with Gasteiger partial charge < -0.3 is 38.8 Å². The lowest BCUT2D eigenvalue weighted by Gasteiger charge is -2.63. The van der Waals surface area contributed by atoms with Crippen molar-refractivity contribution < 1.29 is 52.0 Å². The third-order valence-electron chi connectivity index (χ3n) is 16.3. The van der Waals surface area contributed by atoms with E-state index in [0.29, 0.717) is 85.6 Å². The number of hydrogen-bond acceptors (Lipinski definition) is 12. The van der Waals surface area contributed by atoms with Crippen LogP contribution in [0, 0.1) is 17.3 Å². The van der Waals surface area contributed by atoms with Crippen LogP contribution in [0.15, 0.2) is 42.5 Å². The van der Waals surface area contributed by atoms with Crippen LogP contribution in [0.4, 0.5) is 14.5 Å². The molecular formula is C49H60F2N4O9. The zero-order chi connectivity index (χ0) is 45.9. The summed E-state index contributed by atoms with van der Waals surface area (Å²) in [6.07, 6.45) is 4.50. The smallest absolute Gasteiger partial charge is 0.344 e. The van der Waals surface area contributed by atoms with E-state index in [0.717, 1.165) is 23.4 Å². The molecule has 15 heteroatoms. The molecule has 2 N–H and O–H groups in total. The van der Waals surface area contributed by atoms with Crippen LogP contribution in [0.5, 0.6) is 5.75 Å². The largest absolute Gasteiger partial charge is 0.496 e. The summed E-state index contributed by atoms with van der Waals surface area (Å²) >= 11 is 0. The fourth-order valence-corrected chi connectivity index (χ4v) is 13.9. The van der Waals surface area contributed by atoms with E-state index in [4.69, 9.17) is 18.9 Å². The molecule has 9 rings (SSSR count). The molecule has 3 aromatic rings. The van der Waals surface area contributed by atoms with Crippen molar-refractivity contribution in [3.63, 3.8) is 0 Å². The Hall–Kier alpha value is -4.86. The number of nitrogens with one attached hydrogen (secondary N) is 1. The fourth-order valence-electron chi connectivity index (χ4n) is 13.9. The van der Waals surface area contributed by atoms with Crippen molar-refractivity contribution in [3.8, 4) is 5.75 Å². The number of aliphatic hydroxyl groups is 1. The number of ether oxygens (including phenoxy) is 4. The average molecular weight is 887 g/mol. The summed E-state index contributed by atoms with van der Waals surface area (Å²) in [5.74, 6) is -6.25. The van der Waals surface area contributed by atoms with Crippen LogP contribution in [-0.4, -0.2) is 134 Å². The average Bonchev–Trinajstić information content (AvgIpc) is 3.94. The minimum absolute atomic E-state index is 0.0355. The van der Waals surface area contributed by atoms with Gasteiger partial charge in [0.1, 0.15) is 11.2 Å². The summed E-state index contributed by atoms with van der Waals surface area (Å²) in [5, 5.41) is 14.1. The van der Waals surface area contributed by atoms with Crippen LogP contribution >= 0.6 is 0 Å². The Labute approximate surface area is 372 Å². The Morgan fingerprint density at radius 3 is 2.39 bits per heavy atom. The molecule has 1 aliphatic carbocycles. The highest BCUT2D eigenvalue weighted by Crippen LogP contribution is 2.68. The molecule has 0 amide bonds. The van der Waals surface area contributed by atoms with Gasteiger partial charge in [-0.1, -0.05) is 26.0 Å². The van der Waals surface area contributed by atoms with E-state index in [2.05, 4.69) is 14.8 Å². The number of carbonyl (C=O) groups excluding carboxylic acids is 4. The predicted octanol–water partition coefficient (Wildman–Crippen LogP) is 5.71. The number of nitrogens with zero attached hydrogens (tertiary/aromatic N) is 3. The highest BCUT2D eigenvalue weighted by atomic mass is 19.3. The molecule has 5 aliphatic heterocycles. The molecule has 64 heavy (non-hydrogen) atoms. The number of likely N-dealkylation sites (N-methyl/N-ethyl adjacent to an activating group) is 1. The molecule has 1 aromatic heterocycles. The summed E-state index contributed by atoms with van der Waals surface area (Å²) < 4.78 is 54.8. The SMILES string of the molecule is CCC(=O)c1ccc2[nH]c3c(c2c1)CCN1C[C@H](C[C@@H](C(C)(F)F)C1)C[C@]3(C(=O)OC)c1cc2c(cc1OC)N(C)[C@H]1[C@@](O)(C(=O)OC)[C@H](OC(C)=O)[C@]3(CC)C=CCN4CC[C@]21[C@@H]43. The van der Waals surface area contributed by atoms with Crippen LogP contribution < -0.4 is 9.64 Å². The van der Waals surface area contributed by atoms with Gasteiger partial charge in [-0.2, -0.15) is 0 Å². The van der Waals surface area contributed by atoms with Gasteiger partial charge in [0, 0.05) is 109 Å². The van der Waals surface area contributed by atoms with Gasteiger partial charge >= 0.3 is 17.9 Å². The van der Waals surface area contributed by atoms with Crippen LogP contribution in [-0.2, 0) is 45.8 Å². The predicted molar refractivity (Wildman–Crippen MR) is 234 cm³/mol. The fraction of sp³-hybridized carbons (Fsp3) is 0.592. The molecule has 1 unspecified atom stereocenters. The Morgan fingerprint density at radius 1 is 0.984 bits per heavy atom. The van der Waals surface area contributed by atoms with Gasteiger partial charge in [-0.15, -0.1) is 0 Å². The number of piperidine rings is 1. The quantitative estimate of drug-likeness (QED) is 0.117. The maximum Gasteiger partial charge on any atom is 0.344 e. The zero-order valence-electron chi connectivity index (χ0n) is 38.0. The van der Waals surface area contributed by atoms with Crippen molar-refractivity contribution in [3.05, 3.63) is 70.4 Å². The standard InChI is InChI=1S/C49H60F2N4O9/c1-9-37(57)29-12-13-35-32(21-29)31-14-18-54-25-28(20-30(26-54)45(4,50)51)24-48(39(31)52-35,43(58)62-7)34-22-33-36(23-38(34)61-6)53(5)41-47(33)16-19-55-17-11-15-46(10-2,40(47)55)42(64-27(3)56)49(41,60)44(59)63-8/h11-13,15,21-23,28,30,40-42,52,60H,9-10,14,16-20,24-26H2,1-8H3/t28-,30-,40+,41-,42-,46-,47-,48+,49+/m1/s1. The minimum atomic E-state index is -2.98. The Kier molecular flexibility index (Phi) is 10.6. The van der Waals surface area contributed by atoms with Crippen molar-refractivity contribution >= 4 is 40.3 Å². The van der Waals surface area contributed by atoms with Gasteiger partial charge in [0.25, 0.3) is 0 Å². The first kappa shape index (κ1) is 44.3. The maximum atomic E-state index is 15.5. The molecule has 0 radical (unpaired) electrons. The summed E-state index contributed by atoms with van der Waals surface area (Å²) in [6, 6.07) is 7.92. The molecule has 1 spiro atoms. The van der Waals surface area contributed by atoms with Crippen molar-refractivity contribution in [2.45, 2.75) is 107 Å². The lowest BCUT2D eigenvalue weighted by molar-refractivity contribution is -0.228. The molecule has 2 aromatic carbocycles. The van der Waals surface area contributed by atoms with E-state index in [-0.39, 0.29) is 25.2 Å². The molecule has 10 atom stereocenters. The van der Waals surface area contributed by atoms with Gasteiger partial charge in [-0.05, 0) is 86.9 Å². The second-order valence-corrected chi connectivity index (χ2v) is 19.3. The number of esters is 3.